The summed E-state index contributed by atoms with van der Waals surface area (Å²) >= 11 is 0. The maximum absolute atomic E-state index is 12.8. The van der Waals surface area contributed by atoms with Gasteiger partial charge in [-0.15, -0.1) is 0 Å². The van der Waals surface area contributed by atoms with Crippen molar-refractivity contribution in [1.82, 2.24) is 14.9 Å². The van der Waals surface area contributed by atoms with Gasteiger partial charge < -0.3 is 15.4 Å². The quantitative estimate of drug-likeness (QED) is 0.719. The molecule has 0 spiro atoms. The van der Waals surface area contributed by atoms with Crippen molar-refractivity contribution < 1.29 is 17.9 Å². The third kappa shape index (κ3) is 4.71. The number of amides is 1. The van der Waals surface area contributed by atoms with Crippen molar-refractivity contribution in [2.24, 2.45) is 0 Å². The molecule has 1 aromatic carbocycles. The number of nitrogens with one attached hydrogen (secondary N) is 2. The first-order valence-electron chi connectivity index (χ1n) is 8.60. The molecule has 0 aromatic heterocycles. The fourth-order valence-electron chi connectivity index (χ4n) is 2.86. The van der Waals surface area contributed by atoms with E-state index in [1.54, 1.807) is 6.07 Å². The number of nitrogens with zero attached hydrogens (tertiary/aromatic N) is 1. The van der Waals surface area contributed by atoms with Crippen LogP contribution >= 0.6 is 0 Å². The van der Waals surface area contributed by atoms with Crippen molar-refractivity contribution in [2.75, 3.05) is 33.3 Å². The van der Waals surface area contributed by atoms with E-state index in [2.05, 4.69) is 10.6 Å². The van der Waals surface area contributed by atoms with Crippen molar-refractivity contribution in [3.05, 3.63) is 23.8 Å². The summed E-state index contributed by atoms with van der Waals surface area (Å²) in [5.74, 6) is -0.0465. The Balaban J connectivity index is 2.23. The highest BCUT2D eigenvalue weighted by atomic mass is 32.2. The average Bonchev–Trinajstić information content (AvgIpc) is 3.15. The molecule has 1 fully saturated rings. The van der Waals surface area contributed by atoms with E-state index < -0.39 is 10.0 Å². The number of likely N-dealkylation sites (N-methyl/N-ethyl adjacent to an activating group) is 1. The Labute approximate surface area is 149 Å². The fourth-order valence-corrected chi connectivity index (χ4v) is 4.55. The molecule has 1 atom stereocenters. The van der Waals surface area contributed by atoms with Crippen molar-refractivity contribution in [1.29, 1.82) is 0 Å². The first kappa shape index (κ1) is 19.7. The number of rotatable bonds is 8. The molecule has 2 rings (SSSR count). The molecule has 7 nitrogen and oxygen atoms in total. The van der Waals surface area contributed by atoms with Crippen LogP contribution in [0.1, 0.15) is 37.0 Å². The van der Waals surface area contributed by atoms with E-state index in [0.717, 1.165) is 19.4 Å². The molecule has 0 unspecified atom stereocenters. The number of hydrogen-bond donors (Lipinski definition) is 2. The third-order valence-corrected chi connectivity index (χ3v) is 6.15. The van der Waals surface area contributed by atoms with Crippen molar-refractivity contribution in [3.63, 3.8) is 0 Å². The van der Waals surface area contributed by atoms with E-state index in [1.165, 1.54) is 23.5 Å². The maximum atomic E-state index is 12.8. The van der Waals surface area contributed by atoms with Crippen LogP contribution in [0.15, 0.2) is 23.1 Å². The van der Waals surface area contributed by atoms with Crippen LogP contribution in [0.3, 0.4) is 0 Å². The van der Waals surface area contributed by atoms with E-state index >= 15 is 0 Å². The van der Waals surface area contributed by atoms with Crippen LogP contribution in [0.4, 0.5) is 0 Å². The zero-order chi connectivity index (χ0) is 18.4. The normalized spacial score (nSPS) is 16.6. The predicted molar refractivity (Wildman–Crippen MR) is 96.5 cm³/mol. The lowest BCUT2D eigenvalue weighted by atomic mass is 10.2. The minimum absolute atomic E-state index is 0.0456. The summed E-state index contributed by atoms with van der Waals surface area (Å²) in [5, 5.41) is 6.02. The number of benzene rings is 1. The standard InChI is InChI=1S/C17H27N3O4S/c1-4-18-13(2)12-19-17(21)14-7-8-15(24-3)16(11-14)25(22,23)20-9-5-6-10-20/h7-8,11,13,18H,4-6,9-10,12H2,1-3H3,(H,19,21)/t13-/m1/s1. The SMILES string of the molecule is CCN[C@H](C)CNC(=O)c1ccc(OC)c(S(=O)(=O)N2CCCC2)c1. The smallest absolute Gasteiger partial charge is 0.251 e. The molecule has 1 aliphatic rings. The lowest BCUT2D eigenvalue weighted by Gasteiger charge is -2.18. The summed E-state index contributed by atoms with van der Waals surface area (Å²) in [4.78, 5) is 12.4. The highest BCUT2D eigenvalue weighted by Gasteiger charge is 2.30. The number of ether oxygens (including phenoxy) is 1. The maximum Gasteiger partial charge on any atom is 0.251 e. The van der Waals surface area contributed by atoms with Gasteiger partial charge in [0.15, 0.2) is 0 Å². The summed E-state index contributed by atoms with van der Waals surface area (Å²) in [7, 11) is -2.23. The van der Waals surface area contributed by atoms with Crippen LogP contribution in [0, 0.1) is 0 Å². The van der Waals surface area contributed by atoms with Gasteiger partial charge in [-0.1, -0.05) is 6.92 Å². The van der Waals surface area contributed by atoms with Crippen molar-refractivity contribution in [3.8, 4) is 5.75 Å². The summed E-state index contributed by atoms with van der Waals surface area (Å²) in [5.41, 5.74) is 0.308. The Morgan fingerprint density at radius 1 is 1.32 bits per heavy atom. The molecule has 1 saturated heterocycles. The van der Waals surface area contributed by atoms with Crippen LogP contribution in [0.2, 0.25) is 0 Å². The second kappa shape index (κ2) is 8.64. The number of sulfonamides is 1. The van der Waals surface area contributed by atoms with Gasteiger partial charge in [-0.3, -0.25) is 4.79 Å². The van der Waals surface area contributed by atoms with Gasteiger partial charge in [0, 0.05) is 31.2 Å². The monoisotopic (exact) mass is 369 g/mol. The summed E-state index contributed by atoms with van der Waals surface area (Å²) in [6, 6.07) is 4.65. The number of hydrogen-bond acceptors (Lipinski definition) is 5. The Morgan fingerprint density at radius 2 is 2.00 bits per heavy atom. The second-order valence-electron chi connectivity index (χ2n) is 6.15. The molecule has 1 aromatic rings. The molecule has 1 aliphatic heterocycles. The minimum atomic E-state index is -3.66. The minimum Gasteiger partial charge on any atom is -0.495 e. The molecule has 0 aliphatic carbocycles. The Hall–Kier alpha value is -1.64. The lowest BCUT2D eigenvalue weighted by molar-refractivity contribution is 0.0950. The van der Waals surface area contributed by atoms with Crippen LogP contribution < -0.4 is 15.4 Å². The van der Waals surface area contributed by atoms with Gasteiger partial charge in [0.2, 0.25) is 10.0 Å². The summed E-state index contributed by atoms with van der Waals surface area (Å²) in [6.07, 6.45) is 1.70. The number of carbonyl (C=O) groups excluding carboxylic acids is 1. The molecule has 25 heavy (non-hydrogen) atoms. The summed E-state index contributed by atoms with van der Waals surface area (Å²) in [6.45, 7) is 6.26. The Bertz CT molecular complexity index is 700. The zero-order valence-electron chi connectivity index (χ0n) is 15.0. The predicted octanol–water partition coefficient (Wildman–Crippen LogP) is 1.21. The van der Waals surface area contributed by atoms with E-state index in [0.29, 0.717) is 25.2 Å². The summed E-state index contributed by atoms with van der Waals surface area (Å²) < 4.78 is 32.3. The topological polar surface area (TPSA) is 87.7 Å². The molecule has 1 heterocycles. The Kier molecular flexibility index (Phi) is 6.80. The second-order valence-corrected chi connectivity index (χ2v) is 8.05. The zero-order valence-corrected chi connectivity index (χ0v) is 15.9. The van der Waals surface area contributed by atoms with Crippen LogP contribution in [0.25, 0.3) is 0 Å². The van der Waals surface area contributed by atoms with Crippen LogP contribution in [-0.2, 0) is 10.0 Å². The van der Waals surface area contributed by atoms with Gasteiger partial charge in [-0.25, -0.2) is 8.42 Å². The molecule has 0 saturated carbocycles. The van der Waals surface area contributed by atoms with Gasteiger partial charge in [-0.05, 0) is 44.5 Å². The molecule has 1 amide bonds. The van der Waals surface area contributed by atoms with Gasteiger partial charge in [-0.2, -0.15) is 4.31 Å². The average molecular weight is 369 g/mol. The van der Waals surface area contributed by atoms with E-state index in [-0.39, 0.29) is 22.6 Å². The van der Waals surface area contributed by atoms with Gasteiger partial charge in [0.1, 0.15) is 10.6 Å². The van der Waals surface area contributed by atoms with E-state index in [4.69, 9.17) is 4.74 Å². The highest BCUT2D eigenvalue weighted by molar-refractivity contribution is 7.89. The molecule has 8 heteroatoms. The van der Waals surface area contributed by atoms with E-state index in [9.17, 15) is 13.2 Å². The van der Waals surface area contributed by atoms with Crippen molar-refractivity contribution >= 4 is 15.9 Å². The largest absolute Gasteiger partial charge is 0.495 e. The molecular formula is C17H27N3O4S. The lowest BCUT2D eigenvalue weighted by Crippen LogP contribution is -2.38. The first-order chi connectivity index (χ1) is 11.9. The van der Waals surface area contributed by atoms with Gasteiger partial charge in [0.05, 0.1) is 7.11 Å². The Morgan fingerprint density at radius 3 is 2.60 bits per heavy atom. The van der Waals surface area contributed by atoms with Gasteiger partial charge >= 0.3 is 0 Å². The molecule has 140 valence electrons. The first-order valence-corrected chi connectivity index (χ1v) is 10.0. The molecule has 0 bridgehead atoms. The third-order valence-electron chi connectivity index (χ3n) is 4.23. The van der Waals surface area contributed by atoms with Gasteiger partial charge in [0.25, 0.3) is 5.91 Å². The van der Waals surface area contributed by atoms with Crippen LogP contribution in [0.5, 0.6) is 5.75 Å². The number of methoxy groups -OCH3 is 1. The van der Waals surface area contributed by atoms with E-state index in [1.807, 2.05) is 13.8 Å². The fraction of sp³-hybridized carbons (Fsp3) is 0.588. The molecular weight excluding hydrogens is 342 g/mol. The van der Waals surface area contributed by atoms with Crippen molar-refractivity contribution in [2.45, 2.75) is 37.6 Å². The highest BCUT2D eigenvalue weighted by Crippen LogP contribution is 2.29. The molecule has 0 radical (unpaired) electrons. The number of carbonyl (C=O) groups is 1. The molecule has 2 N–H and O–H groups in total. The van der Waals surface area contributed by atoms with Crippen LogP contribution in [-0.4, -0.2) is 58.0 Å².